The van der Waals surface area contributed by atoms with Crippen molar-refractivity contribution >= 4 is 28.5 Å². The van der Waals surface area contributed by atoms with E-state index in [0.29, 0.717) is 23.4 Å². The molecule has 2 aromatic rings. The number of rotatable bonds is 7. The van der Waals surface area contributed by atoms with E-state index >= 15 is 0 Å². The van der Waals surface area contributed by atoms with Crippen LogP contribution in [0.1, 0.15) is 82.2 Å². The second-order valence-corrected chi connectivity index (χ2v) is 11.0. The summed E-state index contributed by atoms with van der Waals surface area (Å²) in [4.78, 5) is 15.0. The molecule has 0 radical (unpaired) electrons. The SMILES string of the molecule is O=C(C[C@H]1CCCCO1)N[C@H]1CC[C@H](CCN2CCC(c3noc4cc(Cl)ccc34)CC2)CC1. The second kappa shape index (κ2) is 11.4. The number of aromatic nitrogens is 1. The number of hydrogen-bond donors (Lipinski definition) is 1. The lowest BCUT2D eigenvalue weighted by Gasteiger charge is -2.34. The Morgan fingerprint density at radius 1 is 1.09 bits per heavy atom. The summed E-state index contributed by atoms with van der Waals surface area (Å²) < 4.78 is 11.2. The molecule has 0 spiro atoms. The van der Waals surface area contributed by atoms with Crippen molar-refractivity contribution in [3.8, 4) is 0 Å². The number of likely N-dealkylation sites (tertiary alicyclic amines) is 1. The van der Waals surface area contributed by atoms with Gasteiger partial charge in [0.1, 0.15) is 0 Å². The monoisotopic (exact) mass is 487 g/mol. The molecule has 0 bridgehead atoms. The van der Waals surface area contributed by atoms with Crippen LogP contribution >= 0.6 is 11.6 Å². The molecule has 2 saturated heterocycles. The Morgan fingerprint density at radius 3 is 2.68 bits per heavy atom. The van der Waals surface area contributed by atoms with Gasteiger partial charge in [-0.2, -0.15) is 0 Å². The molecule has 6 nitrogen and oxygen atoms in total. The van der Waals surface area contributed by atoms with Gasteiger partial charge in [0, 0.05) is 35.0 Å². The summed E-state index contributed by atoms with van der Waals surface area (Å²) >= 11 is 6.08. The van der Waals surface area contributed by atoms with E-state index in [-0.39, 0.29) is 12.0 Å². The number of halogens is 1. The number of hydrogen-bond acceptors (Lipinski definition) is 5. The predicted octanol–water partition coefficient (Wildman–Crippen LogP) is 5.68. The largest absolute Gasteiger partial charge is 0.378 e. The summed E-state index contributed by atoms with van der Waals surface area (Å²) in [5.74, 6) is 1.44. The average Bonchev–Trinajstić information content (AvgIpc) is 3.27. The van der Waals surface area contributed by atoms with Crippen molar-refractivity contribution in [3.63, 3.8) is 0 Å². The van der Waals surface area contributed by atoms with E-state index in [4.69, 9.17) is 20.9 Å². The van der Waals surface area contributed by atoms with Gasteiger partial charge in [0.05, 0.1) is 18.2 Å². The van der Waals surface area contributed by atoms with E-state index in [1.807, 2.05) is 18.2 Å². The van der Waals surface area contributed by atoms with Crippen LogP contribution in [0, 0.1) is 5.92 Å². The molecule has 186 valence electrons. The maximum Gasteiger partial charge on any atom is 0.222 e. The van der Waals surface area contributed by atoms with Crippen molar-refractivity contribution in [2.24, 2.45) is 5.92 Å². The van der Waals surface area contributed by atoms with Crippen LogP contribution in [0.15, 0.2) is 22.7 Å². The summed E-state index contributed by atoms with van der Waals surface area (Å²) in [6, 6.07) is 6.17. The number of fused-ring (bicyclic) bond motifs is 1. The minimum Gasteiger partial charge on any atom is -0.378 e. The van der Waals surface area contributed by atoms with Gasteiger partial charge < -0.3 is 19.5 Å². The van der Waals surface area contributed by atoms with Gasteiger partial charge in [-0.25, -0.2) is 0 Å². The maximum atomic E-state index is 12.4. The first-order valence-corrected chi connectivity index (χ1v) is 13.7. The molecule has 3 fully saturated rings. The molecule has 1 atom stereocenters. The van der Waals surface area contributed by atoms with Gasteiger partial charge in [0.15, 0.2) is 5.58 Å². The maximum absolute atomic E-state index is 12.4. The molecular weight excluding hydrogens is 450 g/mol. The van der Waals surface area contributed by atoms with Crippen LogP contribution in [-0.2, 0) is 9.53 Å². The van der Waals surface area contributed by atoms with Crippen LogP contribution in [-0.4, -0.2) is 54.4 Å². The lowest BCUT2D eigenvalue weighted by atomic mass is 9.83. The first-order chi connectivity index (χ1) is 16.6. The quantitative estimate of drug-likeness (QED) is 0.543. The van der Waals surface area contributed by atoms with Crippen LogP contribution in [0.25, 0.3) is 11.0 Å². The highest BCUT2D eigenvalue weighted by molar-refractivity contribution is 6.31. The Balaban J connectivity index is 0.992. The zero-order valence-electron chi connectivity index (χ0n) is 20.1. The number of benzene rings is 1. The third-order valence-corrected chi connectivity index (χ3v) is 8.42. The van der Waals surface area contributed by atoms with E-state index in [0.717, 1.165) is 80.8 Å². The number of piperidine rings is 1. The topological polar surface area (TPSA) is 67.6 Å². The van der Waals surface area contributed by atoms with Crippen molar-refractivity contribution in [2.45, 2.75) is 88.7 Å². The number of nitrogens with zero attached hydrogens (tertiary/aromatic N) is 2. The van der Waals surface area contributed by atoms with Crippen LogP contribution in [0.2, 0.25) is 5.02 Å². The first-order valence-electron chi connectivity index (χ1n) is 13.3. The summed E-state index contributed by atoms with van der Waals surface area (Å²) in [5.41, 5.74) is 1.89. The molecule has 1 saturated carbocycles. The third-order valence-electron chi connectivity index (χ3n) is 8.19. The van der Waals surface area contributed by atoms with Gasteiger partial charge in [-0.15, -0.1) is 0 Å². The highest BCUT2D eigenvalue weighted by atomic mass is 35.5. The molecule has 1 aromatic heterocycles. The van der Waals surface area contributed by atoms with Gasteiger partial charge >= 0.3 is 0 Å². The molecule has 7 heteroatoms. The van der Waals surface area contributed by atoms with Crippen molar-refractivity contribution in [1.29, 1.82) is 0 Å². The molecule has 34 heavy (non-hydrogen) atoms. The Morgan fingerprint density at radius 2 is 1.91 bits per heavy atom. The van der Waals surface area contributed by atoms with E-state index in [2.05, 4.69) is 15.4 Å². The van der Waals surface area contributed by atoms with E-state index in [1.54, 1.807) is 0 Å². The molecule has 3 aliphatic rings. The number of carbonyl (C=O) groups excluding carboxylic acids is 1. The minimum atomic E-state index is 0.135. The fourth-order valence-corrected chi connectivity index (χ4v) is 6.24. The first kappa shape index (κ1) is 24.1. The van der Waals surface area contributed by atoms with Gasteiger partial charge in [-0.05, 0) is 102 Å². The Kier molecular flexibility index (Phi) is 8.08. The molecule has 1 aromatic carbocycles. The molecule has 5 rings (SSSR count). The number of nitrogens with one attached hydrogen (secondary N) is 1. The van der Waals surface area contributed by atoms with Gasteiger partial charge in [-0.3, -0.25) is 4.79 Å². The van der Waals surface area contributed by atoms with E-state index in [9.17, 15) is 4.79 Å². The summed E-state index contributed by atoms with van der Waals surface area (Å²) in [6.45, 7) is 4.25. The smallest absolute Gasteiger partial charge is 0.222 e. The standard InChI is InChI=1S/C27H38ClN3O3/c28-21-6-9-24-25(17-21)34-30-27(24)20-11-14-31(15-12-20)13-10-19-4-7-22(8-5-19)29-26(32)18-23-3-1-2-16-33-23/h6,9,17,19-20,22-23H,1-5,7-8,10-16,18H2,(H,29,32)/t19-,22-,23-/m1/s1. The van der Waals surface area contributed by atoms with Crippen molar-refractivity contribution < 1.29 is 14.1 Å². The predicted molar refractivity (Wildman–Crippen MR) is 134 cm³/mol. The highest BCUT2D eigenvalue weighted by Crippen LogP contribution is 2.34. The summed E-state index contributed by atoms with van der Waals surface area (Å²) in [5, 5.41) is 9.45. The molecule has 1 N–H and O–H groups in total. The highest BCUT2D eigenvalue weighted by Gasteiger charge is 2.27. The fourth-order valence-electron chi connectivity index (χ4n) is 6.08. The summed E-state index contributed by atoms with van der Waals surface area (Å²) in [6.07, 6.45) is 12.3. The zero-order chi connectivity index (χ0) is 23.3. The van der Waals surface area contributed by atoms with Crippen molar-refractivity contribution in [1.82, 2.24) is 15.4 Å². The van der Waals surface area contributed by atoms with E-state index < -0.39 is 0 Å². The normalized spacial score (nSPS) is 27.1. The Labute approximate surface area is 207 Å². The molecule has 0 unspecified atom stereocenters. The van der Waals surface area contributed by atoms with Crippen molar-refractivity contribution in [3.05, 3.63) is 28.9 Å². The van der Waals surface area contributed by atoms with Crippen LogP contribution < -0.4 is 5.32 Å². The molecule has 1 amide bonds. The lowest BCUT2D eigenvalue weighted by Crippen LogP contribution is -2.40. The van der Waals surface area contributed by atoms with Crippen molar-refractivity contribution in [2.75, 3.05) is 26.2 Å². The zero-order valence-corrected chi connectivity index (χ0v) is 20.9. The summed E-state index contributed by atoms with van der Waals surface area (Å²) in [7, 11) is 0. The Bertz CT molecular complexity index is 942. The molecular formula is C27H38ClN3O3. The van der Waals surface area contributed by atoms with Crippen LogP contribution in [0.4, 0.5) is 0 Å². The number of ether oxygens (including phenoxy) is 1. The number of amides is 1. The van der Waals surface area contributed by atoms with Crippen LogP contribution in [0.5, 0.6) is 0 Å². The molecule has 1 aliphatic carbocycles. The number of carbonyl (C=O) groups is 1. The third kappa shape index (κ3) is 6.13. The second-order valence-electron chi connectivity index (χ2n) is 10.6. The molecule has 2 aliphatic heterocycles. The fraction of sp³-hybridized carbons (Fsp3) is 0.704. The Hall–Kier alpha value is -1.63. The minimum absolute atomic E-state index is 0.135. The lowest BCUT2D eigenvalue weighted by molar-refractivity contribution is -0.125. The van der Waals surface area contributed by atoms with Gasteiger partial charge in [0.25, 0.3) is 0 Å². The molecule has 3 heterocycles. The van der Waals surface area contributed by atoms with Crippen LogP contribution in [0.3, 0.4) is 0 Å². The average molecular weight is 488 g/mol. The van der Waals surface area contributed by atoms with Gasteiger partial charge in [0.2, 0.25) is 5.91 Å². The van der Waals surface area contributed by atoms with E-state index in [1.165, 1.54) is 32.2 Å². The van der Waals surface area contributed by atoms with Gasteiger partial charge in [-0.1, -0.05) is 16.8 Å².